The lowest BCUT2D eigenvalue weighted by molar-refractivity contribution is 0.420. The molecule has 82 valence electrons. The Balaban J connectivity index is 2.65. The van der Waals surface area contributed by atoms with E-state index in [0.29, 0.717) is 0 Å². The van der Waals surface area contributed by atoms with Crippen LogP contribution in [0, 0.1) is 6.92 Å². The van der Waals surface area contributed by atoms with Gasteiger partial charge in [-0.05, 0) is 18.1 Å². The van der Waals surface area contributed by atoms with Crippen LogP contribution in [0.5, 0.6) is 5.75 Å². The van der Waals surface area contributed by atoms with Crippen LogP contribution in [0.2, 0.25) is 0 Å². The van der Waals surface area contributed by atoms with Crippen molar-refractivity contribution in [1.29, 1.82) is 0 Å². The summed E-state index contributed by atoms with van der Waals surface area (Å²) in [6.45, 7) is 2.12. The quantitative estimate of drug-likeness (QED) is 0.720. The normalized spacial score (nSPS) is 10.2. The second kappa shape index (κ2) is 4.67. The molecule has 2 aromatic rings. The Hall–Kier alpha value is -1.33. The van der Waals surface area contributed by atoms with Crippen molar-refractivity contribution in [1.82, 2.24) is 0 Å². The fourth-order valence-corrected chi connectivity index (χ4v) is 2.25. The topological polar surface area (TPSA) is 9.23 Å². The highest BCUT2D eigenvalue weighted by Crippen LogP contribution is 2.31. The van der Waals surface area contributed by atoms with Crippen LogP contribution in [0.15, 0.2) is 42.5 Å². The molecular formula is C14H15OP. The second-order valence-electron chi connectivity index (χ2n) is 3.74. The SMILES string of the molecule is COc1c(P)cccc1-c1ccccc1C. The van der Waals surface area contributed by atoms with Crippen molar-refractivity contribution in [3.05, 3.63) is 48.0 Å². The second-order valence-corrected chi connectivity index (χ2v) is 4.36. The smallest absolute Gasteiger partial charge is 0.133 e. The Morgan fingerprint density at radius 3 is 2.31 bits per heavy atom. The molecule has 1 atom stereocenters. The van der Waals surface area contributed by atoms with Gasteiger partial charge in [0.25, 0.3) is 0 Å². The molecule has 0 N–H and O–H groups in total. The number of benzene rings is 2. The summed E-state index contributed by atoms with van der Waals surface area (Å²) in [6, 6.07) is 14.5. The van der Waals surface area contributed by atoms with Crippen molar-refractivity contribution in [3.63, 3.8) is 0 Å². The Labute approximate surface area is 98.7 Å². The molecule has 0 amide bonds. The van der Waals surface area contributed by atoms with Crippen LogP contribution in [0.3, 0.4) is 0 Å². The molecule has 16 heavy (non-hydrogen) atoms. The molecule has 1 unspecified atom stereocenters. The van der Waals surface area contributed by atoms with Gasteiger partial charge in [-0.3, -0.25) is 0 Å². The molecule has 0 fully saturated rings. The summed E-state index contributed by atoms with van der Waals surface area (Å²) in [5, 5.41) is 1.09. The van der Waals surface area contributed by atoms with Crippen LogP contribution in [-0.4, -0.2) is 7.11 Å². The van der Waals surface area contributed by atoms with E-state index < -0.39 is 0 Å². The van der Waals surface area contributed by atoms with Crippen molar-refractivity contribution < 1.29 is 4.74 Å². The van der Waals surface area contributed by atoms with Gasteiger partial charge in [0, 0.05) is 10.9 Å². The first-order valence-electron chi connectivity index (χ1n) is 5.22. The zero-order valence-electron chi connectivity index (χ0n) is 9.53. The molecule has 0 saturated heterocycles. The molecule has 0 aliphatic heterocycles. The molecule has 2 heteroatoms. The average molecular weight is 230 g/mol. The lowest BCUT2D eigenvalue weighted by Crippen LogP contribution is -2.00. The minimum absolute atomic E-state index is 0.932. The third-order valence-corrected chi connectivity index (χ3v) is 3.14. The zero-order valence-corrected chi connectivity index (χ0v) is 10.7. The largest absolute Gasteiger partial charge is 0.495 e. The molecule has 0 radical (unpaired) electrons. The van der Waals surface area contributed by atoms with Crippen LogP contribution in [0.1, 0.15) is 5.56 Å². The molecule has 0 bridgehead atoms. The number of rotatable bonds is 2. The molecule has 0 saturated carbocycles. The molecule has 0 spiro atoms. The summed E-state index contributed by atoms with van der Waals surface area (Å²) >= 11 is 0. The molecule has 2 rings (SSSR count). The van der Waals surface area contributed by atoms with Gasteiger partial charge in [0.05, 0.1) is 7.11 Å². The third kappa shape index (κ3) is 1.96. The molecular weight excluding hydrogens is 215 g/mol. The van der Waals surface area contributed by atoms with E-state index in [1.807, 2.05) is 12.1 Å². The van der Waals surface area contributed by atoms with Gasteiger partial charge in [-0.15, -0.1) is 9.24 Å². The van der Waals surface area contributed by atoms with E-state index in [1.54, 1.807) is 7.11 Å². The Morgan fingerprint density at radius 2 is 1.62 bits per heavy atom. The molecule has 0 aromatic heterocycles. The molecule has 0 aliphatic carbocycles. The van der Waals surface area contributed by atoms with Gasteiger partial charge in [-0.1, -0.05) is 42.5 Å². The predicted molar refractivity (Wildman–Crippen MR) is 72.5 cm³/mol. The van der Waals surface area contributed by atoms with Crippen molar-refractivity contribution in [2.45, 2.75) is 6.92 Å². The summed E-state index contributed by atoms with van der Waals surface area (Å²) in [4.78, 5) is 0. The summed E-state index contributed by atoms with van der Waals surface area (Å²) in [5.74, 6) is 0.932. The molecule has 0 aliphatic rings. The van der Waals surface area contributed by atoms with Gasteiger partial charge >= 0.3 is 0 Å². The maximum atomic E-state index is 5.46. The third-order valence-electron chi connectivity index (χ3n) is 2.68. The summed E-state index contributed by atoms with van der Waals surface area (Å²) in [5.41, 5.74) is 3.63. The van der Waals surface area contributed by atoms with Crippen LogP contribution in [0.25, 0.3) is 11.1 Å². The first-order valence-corrected chi connectivity index (χ1v) is 5.80. The van der Waals surface area contributed by atoms with Gasteiger partial charge in [-0.2, -0.15) is 0 Å². The number of para-hydroxylation sites is 1. The minimum Gasteiger partial charge on any atom is -0.495 e. The van der Waals surface area contributed by atoms with Crippen LogP contribution < -0.4 is 10.0 Å². The van der Waals surface area contributed by atoms with Crippen LogP contribution >= 0.6 is 9.24 Å². The lowest BCUT2D eigenvalue weighted by Gasteiger charge is -2.12. The maximum absolute atomic E-state index is 5.46. The first kappa shape index (κ1) is 11.2. The van der Waals surface area contributed by atoms with Crippen molar-refractivity contribution in [3.8, 4) is 16.9 Å². The standard InChI is InChI=1S/C14H15OP/c1-10-6-3-4-7-11(10)12-8-5-9-13(16)14(12)15-2/h3-9H,16H2,1-2H3. The van der Waals surface area contributed by atoms with Gasteiger partial charge in [-0.25, -0.2) is 0 Å². The number of ether oxygens (including phenoxy) is 1. The van der Waals surface area contributed by atoms with Gasteiger partial charge in [0.2, 0.25) is 0 Å². The van der Waals surface area contributed by atoms with E-state index in [4.69, 9.17) is 4.74 Å². The summed E-state index contributed by atoms with van der Waals surface area (Å²) in [6.07, 6.45) is 0. The fraction of sp³-hybridized carbons (Fsp3) is 0.143. The Bertz CT molecular complexity index is 506. The van der Waals surface area contributed by atoms with Crippen LogP contribution in [-0.2, 0) is 0 Å². The van der Waals surface area contributed by atoms with Crippen molar-refractivity contribution >= 4 is 14.5 Å². The number of hydrogen-bond acceptors (Lipinski definition) is 1. The van der Waals surface area contributed by atoms with E-state index in [-0.39, 0.29) is 0 Å². The van der Waals surface area contributed by atoms with Crippen molar-refractivity contribution in [2.24, 2.45) is 0 Å². The zero-order chi connectivity index (χ0) is 11.5. The predicted octanol–water partition coefficient (Wildman–Crippen LogP) is 3.17. The minimum atomic E-state index is 0.932. The molecule has 1 nitrogen and oxygen atoms in total. The average Bonchev–Trinajstić information content (AvgIpc) is 2.29. The summed E-state index contributed by atoms with van der Waals surface area (Å²) < 4.78 is 5.46. The van der Waals surface area contributed by atoms with E-state index in [1.165, 1.54) is 11.1 Å². The number of hydrogen-bond donors (Lipinski definition) is 0. The number of methoxy groups -OCH3 is 1. The molecule has 2 aromatic carbocycles. The molecule has 0 heterocycles. The Kier molecular flexibility index (Phi) is 3.26. The van der Waals surface area contributed by atoms with E-state index in [2.05, 4.69) is 46.5 Å². The highest BCUT2D eigenvalue weighted by Gasteiger charge is 2.09. The maximum Gasteiger partial charge on any atom is 0.133 e. The summed E-state index contributed by atoms with van der Waals surface area (Å²) in [7, 11) is 4.42. The van der Waals surface area contributed by atoms with E-state index >= 15 is 0 Å². The monoisotopic (exact) mass is 230 g/mol. The lowest BCUT2D eigenvalue weighted by atomic mass is 10.00. The fourth-order valence-electron chi connectivity index (χ4n) is 1.87. The highest BCUT2D eigenvalue weighted by atomic mass is 31.0. The van der Waals surface area contributed by atoms with Crippen LogP contribution in [0.4, 0.5) is 0 Å². The van der Waals surface area contributed by atoms with Gasteiger partial charge in [0.15, 0.2) is 0 Å². The van der Waals surface area contributed by atoms with E-state index in [0.717, 1.165) is 16.6 Å². The highest BCUT2D eigenvalue weighted by molar-refractivity contribution is 7.27. The Morgan fingerprint density at radius 1 is 0.938 bits per heavy atom. The van der Waals surface area contributed by atoms with Gasteiger partial charge in [0.1, 0.15) is 5.75 Å². The first-order chi connectivity index (χ1) is 7.74. The van der Waals surface area contributed by atoms with Gasteiger partial charge < -0.3 is 4.74 Å². The van der Waals surface area contributed by atoms with Crippen molar-refractivity contribution in [2.75, 3.05) is 7.11 Å². The van der Waals surface area contributed by atoms with E-state index in [9.17, 15) is 0 Å². The number of aryl methyl sites for hydroxylation is 1.